The van der Waals surface area contributed by atoms with Gasteiger partial charge in [-0.3, -0.25) is 0 Å². The zero-order valence-electron chi connectivity index (χ0n) is 11.3. The van der Waals surface area contributed by atoms with Gasteiger partial charge in [-0.05, 0) is 42.7 Å². The van der Waals surface area contributed by atoms with Crippen molar-refractivity contribution in [3.8, 4) is 0 Å². The minimum atomic E-state index is -0.573. The summed E-state index contributed by atoms with van der Waals surface area (Å²) in [4.78, 5) is 0. The molecule has 106 valence electrons. The van der Waals surface area contributed by atoms with E-state index in [1.165, 1.54) is 0 Å². The molecule has 1 aromatic heterocycles. The van der Waals surface area contributed by atoms with Gasteiger partial charge in [-0.15, -0.1) is 5.10 Å². The summed E-state index contributed by atoms with van der Waals surface area (Å²) in [5.41, 5.74) is 2.40. The Balaban J connectivity index is 1.78. The average Bonchev–Trinajstić information content (AvgIpc) is 3.20. The molecule has 1 aliphatic carbocycles. The van der Waals surface area contributed by atoms with Crippen LogP contribution in [0.5, 0.6) is 0 Å². The van der Waals surface area contributed by atoms with Crippen LogP contribution in [-0.2, 0) is 5.54 Å². The molecule has 0 bridgehead atoms. The Kier molecular flexibility index (Phi) is 2.87. The highest BCUT2D eigenvalue weighted by molar-refractivity contribution is 9.10. The Morgan fingerprint density at radius 2 is 1.81 bits per heavy atom. The van der Waals surface area contributed by atoms with E-state index in [0.29, 0.717) is 0 Å². The molecule has 0 amide bonds. The van der Waals surface area contributed by atoms with Crippen molar-refractivity contribution >= 4 is 27.0 Å². The van der Waals surface area contributed by atoms with Crippen LogP contribution in [0.4, 0.5) is 0 Å². The van der Waals surface area contributed by atoms with Crippen LogP contribution in [0, 0.1) is 0 Å². The van der Waals surface area contributed by atoms with Crippen molar-refractivity contribution in [3.05, 3.63) is 58.6 Å². The molecule has 4 nitrogen and oxygen atoms in total. The van der Waals surface area contributed by atoms with Gasteiger partial charge < -0.3 is 5.11 Å². The van der Waals surface area contributed by atoms with Gasteiger partial charge in [-0.25, -0.2) is 4.68 Å². The summed E-state index contributed by atoms with van der Waals surface area (Å²) in [5.74, 6) is 0. The molecule has 2 aromatic carbocycles. The number of benzene rings is 2. The maximum Gasteiger partial charge on any atom is 0.113 e. The molecule has 1 aliphatic rings. The van der Waals surface area contributed by atoms with Gasteiger partial charge in [0, 0.05) is 4.47 Å². The number of aliphatic hydroxyl groups excluding tert-OH is 1. The van der Waals surface area contributed by atoms with Crippen molar-refractivity contribution in [1.82, 2.24) is 15.0 Å². The van der Waals surface area contributed by atoms with E-state index in [4.69, 9.17) is 0 Å². The SMILES string of the molecule is OC(c1ccc(Br)cc1)C1(n2nnc3ccccc32)CC1. The topological polar surface area (TPSA) is 50.9 Å². The van der Waals surface area contributed by atoms with E-state index in [2.05, 4.69) is 26.2 Å². The van der Waals surface area contributed by atoms with E-state index in [9.17, 15) is 5.11 Å². The molecule has 1 unspecified atom stereocenters. The number of halogens is 1. The number of hydrogen-bond donors (Lipinski definition) is 1. The van der Waals surface area contributed by atoms with E-state index in [-0.39, 0.29) is 5.54 Å². The van der Waals surface area contributed by atoms with Crippen molar-refractivity contribution in [2.24, 2.45) is 0 Å². The van der Waals surface area contributed by atoms with E-state index in [0.717, 1.165) is 33.9 Å². The maximum atomic E-state index is 10.8. The summed E-state index contributed by atoms with van der Waals surface area (Å²) in [6.45, 7) is 0. The largest absolute Gasteiger partial charge is 0.386 e. The maximum absolute atomic E-state index is 10.8. The minimum absolute atomic E-state index is 0.357. The summed E-state index contributed by atoms with van der Waals surface area (Å²) in [7, 11) is 0. The summed E-state index contributed by atoms with van der Waals surface area (Å²) in [6, 6.07) is 15.7. The van der Waals surface area contributed by atoms with E-state index < -0.39 is 6.10 Å². The van der Waals surface area contributed by atoms with Crippen LogP contribution in [0.1, 0.15) is 24.5 Å². The normalized spacial score (nSPS) is 17.8. The first-order valence-corrected chi connectivity index (χ1v) is 7.74. The molecule has 1 saturated carbocycles. The highest BCUT2D eigenvalue weighted by Crippen LogP contribution is 2.53. The number of fused-ring (bicyclic) bond motifs is 1. The van der Waals surface area contributed by atoms with Crippen LogP contribution in [0.25, 0.3) is 11.0 Å². The second-order valence-corrected chi connectivity index (χ2v) is 6.46. The second kappa shape index (κ2) is 4.64. The fraction of sp³-hybridized carbons (Fsp3) is 0.250. The number of aromatic nitrogens is 3. The van der Waals surface area contributed by atoms with Gasteiger partial charge >= 0.3 is 0 Å². The van der Waals surface area contributed by atoms with Crippen LogP contribution in [0.3, 0.4) is 0 Å². The molecule has 5 heteroatoms. The standard InChI is InChI=1S/C16H14BrN3O/c17-12-7-5-11(6-8-12)15(21)16(9-10-16)20-14-4-2-1-3-13(14)18-19-20/h1-8,15,21H,9-10H2. The van der Waals surface area contributed by atoms with Gasteiger partial charge in [0.2, 0.25) is 0 Å². The summed E-state index contributed by atoms with van der Waals surface area (Å²) in [5, 5.41) is 19.3. The lowest BCUT2D eigenvalue weighted by molar-refractivity contribution is 0.0916. The molecule has 0 radical (unpaired) electrons. The van der Waals surface area contributed by atoms with Gasteiger partial charge in [0.15, 0.2) is 0 Å². The lowest BCUT2D eigenvalue weighted by Gasteiger charge is -2.23. The van der Waals surface area contributed by atoms with E-state index in [1.807, 2.05) is 53.2 Å². The number of aliphatic hydroxyl groups is 1. The van der Waals surface area contributed by atoms with Gasteiger partial charge in [0.05, 0.1) is 11.1 Å². The third-order valence-electron chi connectivity index (χ3n) is 4.23. The first-order chi connectivity index (χ1) is 10.2. The third-order valence-corrected chi connectivity index (χ3v) is 4.76. The van der Waals surface area contributed by atoms with Crippen LogP contribution < -0.4 is 0 Å². The zero-order chi connectivity index (χ0) is 14.4. The molecule has 0 spiro atoms. The molecule has 3 aromatic rings. The lowest BCUT2D eigenvalue weighted by Crippen LogP contribution is -2.27. The van der Waals surface area contributed by atoms with Crippen LogP contribution in [0.15, 0.2) is 53.0 Å². The minimum Gasteiger partial charge on any atom is -0.386 e. The van der Waals surface area contributed by atoms with Crippen molar-refractivity contribution < 1.29 is 5.11 Å². The quantitative estimate of drug-likeness (QED) is 0.792. The Morgan fingerprint density at radius 3 is 2.52 bits per heavy atom. The number of rotatable bonds is 3. The van der Waals surface area contributed by atoms with Crippen molar-refractivity contribution in [2.45, 2.75) is 24.5 Å². The molecule has 1 heterocycles. The molecule has 4 rings (SSSR count). The zero-order valence-corrected chi connectivity index (χ0v) is 12.9. The third kappa shape index (κ3) is 2.00. The monoisotopic (exact) mass is 343 g/mol. The van der Waals surface area contributed by atoms with Crippen LogP contribution >= 0.6 is 15.9 Å². The molecule has 1 N–H and O–H groups in total. The summed E-state index contributed by atoms with van der Waals surface area (Å²) < 4.78 is 2.91. The van der Waals surface area contributed by atoms with E-state index in [1.54, 1.807) is 0 Å². The fourth-order valence-electron chi connectivity index (χ4n) is 2.88. The fourth-order valence-corrected chi connectivity index (χ4v) is 3.15. The molecule has 0 aliphatic heterocycles. The molecule has 1 atom stereocenters. The number of hydrogen-bond acceptors (Lipinski definition) is 3. The van der Waals surface area contributed by atoms with Crippen LogP contribution in [-0.4, -0.2) is 20.1 Å². The predicted octanol–water partition coefficient (Wildman–Crippen LogP) is 3.42. The Labute approximate surface area is 130 Å². The summed E-state index contributed by atoms with van der Waals surface area (Å²) in [6.07, 6.45) is 1.26. The Bertz CT molecular complexity index is 793. The van der Waals surface area contributed by atoms with Crippen molar-refractivity contribution in [2.75, 3.05) is 0 Å². The first-order valence-electron chi connectivity index (χ1n) is 6.95. The average molecular weight is 344 g/mol. The summed E-state index contributed by atoms with van der Waals surface area (Å²) >= 11 is 3.42. The van der Waals surface area contributed by atoms with Crippen molar-refractivity contribution in [1.29, 1.82) is 0 Å². The molecule has 21 heavy (non-hydrogen) atoms. The molecule has 1 fully saturated rings. The lowest BCUT2D eigenvalue weighted by atomic mass is 10.0. The number of para-hydroxylation sites is 1. The number of nitrogens with zero attached hydrogens (tertiary/aromatic N) is 3. The van der Waals surface area contributed by atoms with E-state index >= 15 is 0 Å². The highest BCUT2D eigenvalue weighted by atomic mass is 79.9. The van der Waals surface area contributed by atoms with Gasteiger partial charge in [0.25, 0.3) is 0 Å². The molecular formula is C16H14BrN3O. The predicted molar refractivity (Wildman–Crippen MR) is 83.8 cm³/mol. The van der Waals surface area contributed by atoms with Gasteiger partial charge in [0.1, 0.15) is 11.6 Å². The smallest absolute Gasteiger partial charge is 0.113 e. The second-order valence-electron chi connectivity index (χ2n) is 5.55. The Morgan fingerprint density at radius 1 is 1.10 bits per heavy atom. The van der Waals surface area contributed by atoms with Gasteiger partial charge in [-0.1, -0.05) is 45.4 Å². The van der Waals surface area contributed by atoms with Crippen molar-refractivity contribution in [3.63, 3.8) is 0 Å². The Hall–Kier alpha value is -1.72. The van der Waals surface area contributed by atoms with Gasteiger partial charge in [-0.2, -0.15) is 0 Å². The first kappa shape index (κ1) is 13.0. The molecular weight excluding hydrogens is 330 g/mol. The highest BCUT2D eigenvalue weighted by Gasteiger charge is 2.53. The molecule has 0 saturated heterocycles. The van der Waals surface area contributed by atoms with Crippen LogP contribution in [0.2, 0.25) is 0 Å².